The van der Waals surface area contributed by atoms with Gasteiger partial charge in [0.05, 0.1) is 17.8 Å². The lowest BCUT2D eigenvalue weighted by atomic mass is 9.80. The summed E-state index contributed by atoms with van der Waals surface area (Å²) in [7, 11) is 1.55. The predicted octanol–water partition coefficient (Wildman–Crippen LogP) is 5.42. The lowest BCUT2D eigenvalue weighted by molar-refractivity contribution is -0.120. The maximum absolute atomic E-state index is 13.1. The fourth-order valence-electron chi connectivity index (χ4n) is 4.08. The first-order valence-corrected chi connectivity index (χ1v) is 10.1. The third-order valence-electron chi connectivity index (χ3n) is 5.43. The highest BCUT2D eigenvalue weighted by Crippen LogP contribution is 2.41. The Morgan fingerprint density at radius 3 is 2.62 bits per heavy atom. The molecule has 1 aliphatic carbocycles. The van der Waals surface area contributed by atoms with E-state index < -0.39 is 0 Å². The zero-order valence-corrected chi connectivity index (χ0v) is 17.0. The van der Waals surface area contributed by atoms with Crippen LogP contribution in [0.15, 0.2) is 65.9 Å². The summed E-state index contributed by atoms with van der Waals surface area (Å²) in [6, 6.07) is 15.2. The first kappa shape index (κ1) is 19.5. The molecule has 2 aliphatic rings. The maximum Gasteiger partial charge on any atom is 0.232 e. The van der Waals surface area contributed by atoms with Gasteiger partial charge >= 0.3 is 0 Å². The van der Waals surface area contributed by atoms with E-state index in [1.165, 1.54) is 0 Å². The van der Waals surface area contributed by atoms with Crippen molar-refractivity contribution in [2.24, 2.45) is 5.92 Å². The molecule has 0 radical (unpaired) electrons. The number of hydrogen-bond acceptors (Lipinski definition) is 3. The van der Waals surface area contributed by atoms with Gasteiger partial charge in [-0.3, -0.25) is 14.5 Å². The summed E-state index contributed by atoms with van der Waals surface area (Å²) in [5, 5.41) is 0.438. The minimum absolute atomic E-state index is 0.0256. The number of carbonyl (C=O) groups is 2. The Balaban J connectivity index is 1.74. The topological polar surface area (TPSA) is 46.6 Å². The van der Waals surface area contributed by atoms with Crippen molar-refractivity contribution in [3.63, 3.8) is 0 Å². The highest BCUT2D eigenvalue weighted by atomic mass is 35.5. The average Bonchev–Trinajstić information content (AvgIpc) is 2.73. The van der Waals surface area contributed by atoms with E-state index in [-0.39, 0.29) is 24.0 Å². The largest absolute Gasteiger partial charge is 0.495 e. The summed E-state index contributed by atoms with van der Waals surface area (Å²) < 4.78 is 5.22. The molecule has 1 atom stereocenters. The second-order valence-electron chi connectivity index (χ2n) is 7.27. The van der Waals surface area contributed by atoms with E-state index in [9.17, 15) is 9.59 Å². The van der Waals surface area contributed by atoms with E-state index in [2.05, 4.69) is 0 Å². The van der Waals surface area contributed by atoms with Gasteiger partial charge < -0.3 is 4.74 Å². The van der Waals surface area contributed by atoms with Crippen molar-refractivity contribution in [2.45, 2.75) is 25.7 Å². The van der Waals surface area contributed by atoms with Gasteiger partial charge in [-0.2, -0.15) is 0 Å². The van der Waals surface area contributed by atoms with Crippen LogP contribution in [-0.4, -0.2) is 18.8 Å². The van der Waals surface area contributed by atoms with Crippen LogP contribution < -0.4 is 9.64 Å². The van der Waals surface area contributed by atoms with E-state index in [1.54, 1.807) is 24.1 Å². The molecule has 0 saturated carbocycles. The number of rotatable bonds is 4. The Morgan fingerprint density at radius 2 is 1.90 bits per heavy atom. The van der Waals surface area contributed by atoms with Gasteiger partial charge in [0.25, 0.3) is 0 Å². The molecular weight excluding hydrogens is 386 g/mol. The number of ether oxygens (including phenoxy) is 1. The molecule has 29 heavy (non-hydrogen) atoms. The molecule has 4 rings (SSSR count). The minimum atomic E-state index is -0.199. The molecule has 2 aromatic rings. The van der Waals surface area contributed by atoms with Gasteiger partial charge in [-0.05, 0) is 36.6 Å². The van der Waals surface area contributed by atoms with Crippen LogP contribution in [0.25, 0.3) is 6.08 Å². The van der Waals surface area contributed by atoms with Crippen LogP contribution >= 0.6 is 11.6 Å². The Labute approximate surface area is 175 Å². The molecule has 5 heteroatoms. The summed E-state index contributed by atoms with van der Waals surface area (Å²) in [4.78, 5) is 27.6. The number of amides is 1. The van der Waals surface area contributed by atoms with Crippen LogP contribution in [0.2, 0.25) is 5.02 Å². The highest BCUT2D eigenvalue weighted by Gasteiger charge is 2.38. The maximum atomic E-state index is 13.1. The molecule has 148 valence electrons. The molecule has 0 fully saturated rings. The standard InChI is InChI=1S/C24H22ClNO3/c1-29-22-13-12-18(15-19(22)25)26-20-8-5-9-21(27)24(20)17(14-23(26)28)11-10-16-6-3-2-4-7-16/h2-4,6-7,10-13,15,17H,5,8-9,14H2,1H3/b11-10+. The predicted molar refractivity (Wildman–Crippen MR) is 115 cm³/mol. The van der Waals surface area contributed by atoms with E-state index >= 15 is 0 Å². The smallest absolute Gasteiger partial charge is 0.232 e. The van der Waals surface area contributed by atoms with Crippen LogP contribution in [0.5, 0.6) is 5.75 Å². The quantitative estimate of drug-likeness (QED) is 0.679. The van der Waals surface area contributed by atoms with Gasteiger partial charge in [0.2, 0.25) is 5.91 Å². The number of anilines is 1. The lowest BCUT2D eigenvalue weighted by Gasteiger charge is -2.37. The molecule has 0 aromatic heterocycles. The summed E-state index contributed by atoms with van der Waals surface area (Å²) in [5.41, 5.74) is 3.29. The number of benzene rings is 2. The Morgan fingerprint density at radius 1 is 1.10 bits per heavy atom. The normalized spacial score (nSPS) is 19.7. The van der Waals surface area contributed by atoms with Crippen molar-refractivity contribution < 1.29 is 14.3 Å². The van der Waals surface area contributed by atoms with Gasteiger partial charge in [0.1, 0.15) is 5.75 Å². The molecular formula is C24H22ClNO3. The summed E-state index contributed by atoms with van der Waals surface area (Å²) in [5.74, 6) is 0.460. The molecule has 0 bridgehead atoms. The van der Waals surface area contributed by atoms with Crippen LogP contribution in [0, 0.1) is 5.92 Å². The fraction of sp³-hybridized carbons (Fsp3) is 0.250. The molecule has 1 unspecified atom stereocenters. The van der Waals surface area contributed by atoms with Crippen molar-refractivity contribution in [3.05, 3.63) is 76.5 Å². The number of carbonyl (C=O) groups excluding carboxylic acids is 2. The number of allylic oxidation sites excluding steroid dienone is 3. The number of ketones is 1. The summed E-state index contributed by atoms with van der Waals surface area (Å²) >= 11 is 6.29. The van der Waals surface area contributed by atoms with E-state index in [0.29, 0.717) is 29.3 Å². The van der Waals surface area contributed by atoms with E-state index in [0.717, 1.165) is 23.3 Å². The lowest BCUT2D eigenvalue weighted by Crippen LogP contribution is -2.40. The van der Waals surface area contributed by atoms with Gasteiger partial charge in [0, 0.05) is 30.0 Å². The van der Waals surface area contributed by atoms with Crippen LogP contribution in [-0.2, 0) is 9.59 Å². The van der Waals surface area contributed by atoms with Crippen molar-refractivity contribution in [1.29, 1.82) is 0 Å². The highest BCUT2D eigenvalue weighted by molar-refractivity contribution is 6.32. The third kappa shape index (κ3) is 3.85. The van der Waals surface area contributed by atoms with Crippen molar-refractivity contribution in [1.82, 2.24) is 0 Å². The first-order valence-electron chi connectivity index (χ1n) is 9.74. The molecule has 0 N–H and O–H groups in total. The Bertz CT molecular complexity index is 1010. The number of methoxy groups -OCH3 is 1. The number of hydrogen-bond donors (Lipinski definition) is 0. The summed E-state index contributed by atoms with van der Waals surface area (Å²) in [6.07, 6.45) is 6.22. The molecule has 1 aliphatic heterocycles. The molecule has 1 amide bonds. The molecule has 1 heterocycles. The Kier molecular flexibility index (Phi) is 5.54. The van der Waals surface area contributed by atoms with Crippen molar-refractivity contribution in [3.8, 4) is 5.75 Å². The van der Waals surface area contributed by atoms with Crippen LogP contribution in [0.1, 0.15) is 31.2 Å². The van der Waals surface area contributed by atoms with Gasteiger partial charge in [-0.15, -0.1) is 0 Å². The molecule has 2 aromatic carbocycles. The molecule has 0 saturated heterocycles. The number of nitrogens with zero attached hydrogens (tertiary/aromatic N) is 1. The van der Waals surface area contributed by atoms with Gasteiger partial charge in [0.15, 0.2) is 5.78 Å². The number of Topliss-reactive ketones (excluding diaryl/α,β-unsaturated/α-hetero) is 1. The second-order valence-corrected chi connectivity index (χ2v) is 7.67. The van der Waals surface area contributed by atoms with Crippen molar-refractivity contribution in [2.75, 3.05) is 12.0 Å². The van der Waals surface area contributed by atoms with E-state index in [1.807, 2.05) is 48.6 Å². The Hall–Kier alpha value is -2.85. The van der Waals surface area contributed by atoms with E-state index in [4.69, 9.17) is 16.3 Å². The first-order chi connectivity index (χ1) is 14.1. The SMILES string of the molecule is COc1ccc(N2C(=O)CC(/C=C/c3ccccc3)C3=C2CCCC3=O)cc1Cl. The minimum Gasteiger partial charge on any atom is -0.495 e. The van der Waals surface area contributed by atoms with Gasteiger partial charge in [-0.1, -0.05) is 54.1 Å². The fourth-order valence-corrected chi connectivity index (χ4v) is 4.33. The zero-order valence-electron chi connectivity index (χ0n) is 16.2. The number of halogens is 1. The molecule has 4 nitrogen and oxygen atoms in total. The van der Waals surface area contributed by atoms with Crippen LogP contribution in [0.4, 0.5) is 5.69 Å². The summed E-state index contributed by atoms with van der Waals surface area (Å²) in [6.45, 7) is 0. The van der Waals surface area contributed by atoms with Crippen molar-refractivity contribution >= 4 is 35.1 Å². The van der Waals surface area contributed by atoms with Gasteiger partial charge in [-0.25, -0.2) is 0 Å². The second kappa shape index (κ2) is 8.26. The molecule has 0 spiro atoms. The monoisotopic (exact) mass is 407 g/mol. The zero-order chi connectivity index (χ0) is 20.4. The van der Waals surface area contributed by atoms with Crippen LogP contribution in [0.3, 0.4) is 0 Å². The average molecular weight is 408 g/mol. The third-order valence-corrected chi connectivity index (χ3v) is 5.72.